The summed E-state index contributed by atoms with van der Waals surface area (Å²) >= 11 is 1.51. The van der Waals surface area contributed by atoms with Crippen LogP contribution in [0, 0.1) is 0 Å². The van der Waals surface area contributed by atoms with E-state index in [4.69, 9.17) is 0 Å². The first-order valence-corrected chi connectivity index (χ1v) is 12.3. The quantitative estimate of drug-likeness (QED) is 0.495. The third-order valence-electron chi connectivity index (χ3n) is 4.68. The summed E-state index contributed by atoms with van der Waals surface area (Å²) in [6.07, 6.45) is 5.65. The van der Waals surface area contributed by atoms with Crippen LogP contribution in [-0.4, -0.2) is 73.3 Å². The fourth-order valence-corrected chi connectivity index (χ4v) is 5.22. The summed E-state index contributed by atoms with van der Waals surface area (Å²) in [5.41, 5.74) is 0.613. The molecule has 0 aliphatic carbocycles. The lowest BCUT2D eigenvalue weighted by Gasteiger charge is -2.33. The van der Waals surface area contributed by atoms with Gasteiger partial charge in [0, 0.05) is 50.0 Å². The normalized spacial score (nSPS) is 15.3. The molecule has 0 atom stereocenters. The van der Waals surface area contributed by atoms with Crippen molar-refractivity contribution in [3.8, 4) is 0 Å². The van der Waals surface area contributed by atoms with E-state index in [-0.39, 0.29) is 11.7 Å². The number of benzene rings is 1. The van der Waals surface area contributed by atoms with E-state index < -0.39 is 10.0 Å². The molecule has 1 amide bonds. The summed E-state index contributed by atoms with van der Waals surface area (Å²) in [5.74, 6) is 0.459. The maximum atomic E-state index is 12.6. The van der Waals surface area contributed by atoms with Crippen LogP contribution in [0.5, 0.6) is 0 Å². The molecule has 1 aromatic carbocycles. The maximum absolute atomic E-state index is 12.6. The van der Waals surface area contributed by atoms with Crippen molar-refractivity contribution >= 4 is 33.6 Å². The summed E-state index contributed by atoms with van der Waals surface area (Å²) in [4.78, 5) is 23.6. The first-order valence-electron chi connectivity index (χ1n) is 9.42. The third-order valence-corrected chi connectivity index (χ3v) is 7.44. The van der Waals surface area contributed by atoms with E-state index in [0.717, 1.165) is 4.90 Å². The highest BCUT2D eigenvalue weighted by Gasteiger charge is 2.27. The van der Waals surface area contributed by atoms with Crippen molar-refractivity contribution in [2.75, 3.05) is 49.6 Å². The molecule has 156 valence electrons. The van der Waals surface area contributed by atoms with Gasteiger partial charge in [-0.3, -0.25) is 4.79 Å². The number of thioether (sulfide) groups is 1. The second-order valence-electron chi connectivity index (χ2n) is 6.56. The molecule has 1 N–H and O–H groups in total. The first kappa shape index (κ1) is 21.5. The molecule has 3 rings (SSSR count). The SMILES string of the molecule is CSc1ccccc1C(=O)NCCCS(=O)(=O)N1CCN(c2ncccn2)CC1. The molecule has 10 heteroatoms. The van der Waals surface area contributed by atoms with Crippen molar-refractivity contribution in [2.24, 2.45) is 0 Å². The second-order valence-corrected chi connectivity index (χ2v) is 9.50. The Morgan fingerprint density at radius 2 is 1.79 bits per heavy atom. The average molecular weight is 436 g/mol. The van der Waals surface area contributed by atoms with E-state index in [2.05, 4.69) is 15.3 Å². The predicted molar refractivity (Wildman–Crippen MR) is 115 cm³/mol. The molecule has 2 aromatic rings. The highest BCUT2D eigenvalue weighted by molar-refractivity contribution is 7.98. The van der Waals surface area contributed by atoms with Gasteiger partial charge in [0.2, 0.25) is 16.0 Å². The first-order chi connectivity index (χ1) is 14.0. The molecule has 1 aromatic heterocycles. The molecule has 1 saturated heterocycles. The van der Waals surface area contributed by atoms with Crippen LogP contribution in [0.25, 0.3) is 0 Å². The number of rotatable bonds is 8. The lowest BCUT2D eigenvalue weighted by Crippen LogP contribution is -2.49. The average Bonchev–Trinajstić information content (AvgIpc) is 2.77. The van der Waals surface area contributed by atoms with Gasteiger partial charge < -0.3 is 10.2 Å². The zero-order valence-electron chi connectivity index (χ0n) is 16.3. The molecular formula is C19H25N5O3S2. The van der Waals surface area contributed by atoms with Crippen LogP contribution in [0.3, 0.4) is 0 Å². The van der Waals surface area contributed by atoms with Crippen LogP contribution in [0.1, 0.15) is 16.8 Å². The molecule has 1 aliphatic heterocycles. The fourth-order valence-electron chi connectivity index (χ4n) is 3.13. The van der Waals surface area contributed by atoms with Crippen LogP contribution >= 0.6 is 11.8 Å². The van der Waals surface area contributed by atoms with Gasteiger partial charge in [-0.1, -0.05) is 12.1 Å². The highest BCUT2D eigenvalue weighted by atomic mass is 32.2. The minimum atomic E-state index is -3.35. The molecule has 0 saturated carbocycles. The maximum Gasteiger partial charge on any atom is 0.252 e. The number of nitrogens with zero attached hydrogens (tertiary/aromatic N) is 4. The monoisotopic (exact) mass is 435 g/mol. The zero-order valence-corrected chi connectivity index (χ0v) is 18.0. The van der Waals surface area contributed by atoms with E-state index in [1.165, 1.54) is 16.1 Å². The topological polar surface area (TPSA) is 95.5 Å². The van der Waals surface area contributed by atoms with Crippen molar-refractivity contribution in [2.45, 2.75) is 11.3 Å². The Hall–Kier alpha value is -2.17. The largest absolute Gasteiger partial charge is 0.352 e. The van der Waals surface area contributed by atoms with Gasteiger partial charge in [0.1, 0.15) is 0 Å². The number of piperazine rings is 1. The summed E-state index contributed by atoms with van der Waals surface area (Å²) in [5, 5.41) is 2.82. The zero-order chi connectivity index (χ0) is 20.7. The summed E-state index contributed by atoms with van der Waals surface area (Å²) in [7, 11) is -3.35. The van der Waals surface area contributed by atoms with E-state index in [0.29, 0.717) is 50.7 Å². The number of amides is 1. The van der Waals surface area contributed by atoms with Crippen molar-refractivity contribution in [3.63, 3.8) is 0 Å². The molecule has 29 heavy (non-hydrogen) atoms. The molecule has 0 radical (unpaired) electrons. The minimum Gasteiger partial charge on any atom is -0.352 e. The van der Waals surface area contributed by atoms with Crippen molar-refractivity contribution < 1.29 is 13.2 Å². The van der Waals surface area contributed by atoms with Gasteiger partial charge >= 0.3 is 0 Å². The molecule has 1 fully saturated rings. The summed E-state index contributed by atoms with van der Waals surface area (Å²) in [6, 6.07) is 9.12. The summed E-state index contributed by atoms with van der Waals surface area (Å²) in [6.45, 7) is 2.26. The van der Waals surface area contributed by atoms with Gasteiger partial charge in [-0.2, -0.15) is 4.31 Å². The van der Waals surface area contributed by atoms with E-state index in [1.54, 1.807) is 24.5 Å². The lowest BCUT2D eigenvalue weighted by molar-refractivity contribution is 0.0950. The van der Waals surface area contributed by atoms with Gasteiger partial charge in [-0.15, -0.1) is 11.8 Å². The number of hydrogen-bond donors (Lipinski definition) is 1. The van der Waals surface area contributed by atoms with Gasteiger partial charge in [0.05, 0.1) is 11.3 Å². The smallest absolute Gasteiger partial charge is 0.252 e. The Balaban J connectivity index is 1.44. The molecule has 8 nitrogen and oxygen atoms in total. The van der Waals surface area contributed by atoms with Crippen LogP contribution in [0.15, 0.2) is 47.6 Å². The Kier molecular flexibility index (Phi) is 7.45. The fraction of sp³-hybridized carbons (Fsp3) is 0.421. The number of anilines is 1. The molecular weight excluding hydrogens is 410 g/mol. The number of aromatic nitrogens is 2. The van der Waals surface area contributed by atoms with Gasteiger partial charge in [0.15, 0.2) is 0 Å². The molecule has 0 spiro atoms. The Bertz CT molecular complexity index is 916. The van der Waals surface area contributed by atoms with E-state index >= 15 is 0 Å². The van der Waals surface area contributed by atoms with Gasteiger partial charge in [0.25, 0.3) is 5.91 Å². The van der Waals surface area contributed by atoms with Gasteiger partial charge in [-0.05, 0) is 30.9 Å². The Labute approximate surface area is 175 Å². The number of carbonyl (C=O) groups is 1. The third kappa shape index (κ3) is 5.68. The highest BCUT2D eigenvalue weighted by Crippen LogP contribution is 2.19. The Morgan fingerprint density at radius 3 is 2.48 bits per heavy atom. The van der Waals surface area contributed by atoms with Crippen LogP contribution in [-0.2, 0) is 10.0 Å². The van der Waals surface area contributed by atoms with E-state index in [9.17, 15) is 13.2 Å². The molecule has 0 bridgehead atoms. The lowest BCUT2D eigenvalue weighted by atomic mass is 10.2. The number of carbonyl (C=O) groups excluding carboxylic acids is 1. The van der Waals surface area contributed by atoms with Crippen LogP contribution in [0.4, 0.5) is 5.95 Å². The van der Waals surface area contributed by atoms with Crippen molar-refractivity contribution in [1.29, 1.82) is 0 Å². The predicted octanol–water partition coefficient (Wildman–Crippen LogP) is 1.47. The molecule has 0 unspecified atom stereocenters. The number of hydrogen-bond acceptors (Lipinski definition) is 7. The standard InChI is InChI=1S/C19H25N5O3S2/c1-28-17-7-3-2-6-16(17)18(25)20-10-5-15-29(26,27)24-13-11-23(12-14-24)19-21-8-4-9-22-19/h2-4,6-9H,5,10-15H2,1H3,(H,20,25). The number of sulfonamides is 1. The Morgan fingerprint density at radius 1 is 1.10 bits per heavy atom. The van der Waals surface area contributed by atoms with Crippen LogP contribution in [0.2, 0.25) is 0 Å². The second kappa shape index (κ2) is 10.0. The van der Waals surface area contributed by atoms with Crippen molar-refractivity contribution in [1.82, 2.24) is 19.6 Å². The molecule has 2 heterocycles. The minimum absolute atomic E-state index is 0.0132. The van der Waals surface area contributed by atoms with E-state index in [1.807, 2.05) is 29.4 Å². The van der Waals surface area contributed by atoms with Crippen molar-refractivity contribution in [3.05, 3.63) is 48.3 Å². The molecule has 1 aliphatic rings. The summed E-state index contributed by atoms with van der Waals surface area (Å²) < 4.78 is 26.7. The van der Waals surface area contributed by atoms with Crippen LogP contribution < -0.4 is 10.2 Å². The number of nitrogens with one attached hydrogen (secondary N) is 1. The van der Waals surface area contributed by atoms with Gasteiger partial charge in [-0.25, -0.2) is 18.4 Å².